The maximum absolute atomic E-state index is 14.7. The van der Waals surface area contributed by atoms with E-state index in [2.05, 4.69) is 10.0 Å². The molecule has 7 nitrogen and oxygen atoms in total. The van der Waals surface area contributed by atoms with Gasteiger partial charge in [-0.25, -0.2) is 8.90 Å². The quantitative estimate of drug-likeness (QED) is 0.0891. The molecule has 0 unspecified atom stereocenters. The first kappa shape index (κ1) is 24.2. The van der Waals surface area contributed by atoms with E-state index in [4.69, 9.17) is 20.6 Å². The fourth-order valence-corrected chi connectivity index (χ4v) is 6.97. The van der Waals surface area contributed by atoms with E-state index >= 15 is 0 Å². The predicted molar refractivity (Wildman–Crippen MR) is 149 cm³/mol. The Hall–Kier alpha value is -4.15. The zero-order valence-corrected chi connectivity index (χ0v) is 21.7. The molecule has 1 aliphatic carbocycles. The summed E-state index contributed by atoms with van der Waals surface area (Å²) in [6.45, 7) is 0. The van der Waals surface area contributed by atoms with E-state index in [1.807, 2.05) is 79.0 Å². The molecular weight excluding hydrogens is 519 g/mol. The van der Waals surface area contributed by atoms with E-state index in [9.17, 15) is 10.1 Å². The van der Waals surface area contributed by atoms with Gasteiger partial charge < -0.3 is 9.05 Å². The van der Waals surface area contributed by atoms with Crippen LogP contribution in [0.15, 0.2) is 114 Å². The second-order valence-electron chi connectivity index (χ2n) is 9.01. The van der Waals surface area contributed by atoms with Gasteiger partial charge in [0.15, 0.2) is 0 Å². The van der Waals surface area contributed by atoms with Crippen LogP contribution in [-0.4, -0.2) is 4.34 Å². The molecule has 1 heterocycles. The van der Waals surface area contributed by atoms with Crippen LogP contribution < -0.4 is 9.05 Å². The average molecular weight is 541 g/mol. The topological polar surface area (TPSA) is 89.2 Å². The molecule has 0 radical (unpaired) electrons. The second kappa shape index (κ2) is 9.96. The summed E-state index contributed by atoms with van der Waals surface area (Å²) in [6, 6.07) is 31.0. The first-order valence-corrected chi connectivity index (χ1v) is 14.0. The molecule has 38 heavy (non-hydrogen) atoms. The maximum atomic E-state index is 14.7. The van der Waals surface area contributed by atoms with Crippen LogP contribution in [0.2, 0.25) is 5.02 Å². The third-order valence-electron chi connectivity index (χ3n) is 6.73. The van der Waals surface area contributed by atoms with Gasteiger partial charge in [0.2, 0.25) is 0 Å². The lowest BCUT2D eigenvalue weighted by Gasteiger charge is -2.21. The fraction of sp³-hybridized carbons (Fsp3) is 0.103. The van der Waals surface area contributed by atoms with Crippen LogP contribution in [0.3, 0.4) is 0 Å². The van der Waals surface area contributed by atoms with Crippen LogP contribution in [0.4, 0.5) is 0 Å². The number of hydrogen-bond donors (Lipinski definition) is 0. The van der Waals surface area contributed by atoms with Crippen molar-refractivity contribution < 1.29 is 13.6 Å². The summed E-state index contributed by atoms with van der Waals surface area (Å²) in [5.41, 5.74) is 12.8. The maximum Gasteiger partial charge on any atom is 0.548 e. The molecule has 6 rings (SSSR count). The molecule has 0 fully saturated rings. The van der Waals surface area contributed by atoms with Gasteiger partial charge in [-0.1, -0.05) is 77.4 Å². The zero-order valence-electron chi connectivity index (χ0n) is 20.1. The molecule has 0 spiro atoms. The van der Waals surface area contributed by atoms with E-state index < -0.39 is 7.75 Å². The van der Waals surface area contributed by atoms with Crippen LogP contribution in [0.5, 0.6) is 11.5 Å². The lowest BCUT2D eigenvalue weighted by Crippen LogP contribution is -2.09. The van der Waals surface area contributed by atoms with Crippen molar-refractivity contribution in [3.63, 3.8) is 0 Å². The van der Waals surface area contributed by atoms with Crippen molar-refractivity contribution in [3.05, 3.63) is 141 Å². The van der Waals surface area contributed by atoms with Crippen LogP contribution in [0, 0.1) is 0 Å². The van der Waals surface area contributed by atoms with E-state index in [0.717, 1.165) is 22.1 Å². The highest BCUT2D eigenvalue weighted by atomic mass is 35.5. The summed E-state index contributed by atoms with van der Waals surface area (Å²) in [4.78, 5) is 3.07. The largest absolute Gasteiger partial charge is 0.548 e. The number of hydrogen-bond acceptors (Lipinski definition) is 4. The Kier molecular flexibility index (Phi) is 6.34. The minimum absolute atomic E-state index is 0.106. The molecule has 0 saturated heterocycles. The summed E-state index contributed by atoms with van der Waals surface area (Å²) in [5, 5.41) is 5.43. The molecule has 188 valence electrons. The molecule has 1 aliphatic rings. The summed E-state index contributed by atoms with van der Waals surface area (Å²) in [5.74, 6) is 0.725. The molecule has 4 aromatic carbocycles. The Bertz CT molecular complexity index is 1670. The third kappa shape index (κ3) is 4.42. The van der Waals surface area contributed by atoms with E-state index in [-0.39, 0.29) is 12.0 Å². The first-order chi connectivity index (χ1) is 18.6. The molecule has 0 aliphatic heterocycles. The normalized spacial score (nSPS) is 16.6. The number of rotatable bonds is 7. The molecular formula is C29H22ClN4O3P. The monoisotopic (exact) mass is 540 g/mol. The van der Waals surface area contributed by atoms with Crippen molar-refractivity contribution >= 4 is 30.3 Å². The van der Waals surface area contributed by atoms with Gasteiger partial charge in [-0.05, 0) is 71.1 Å². The van der Waals surface area contributed by atoms with Gasteiger partial charge in [0.25, 0.3) is 0 Å². The van der Waals surface area contributed by atoms with Crippen molar-refractivity contribution in [3.8, 4) is 11.5 Å². The summed E-state index contributed by atoms with van der Waals surface area (Å²) >= 11 is 6.45. The van der Waals surface area contributed by atoms with E-state index in [1.165, 1.54) is 0 Å². The lowest BCUT2D eigenvalue weighted by molar-refractivity contribution is 0.376. The fourth-order valence-electron chi connectivity index (χ4n) is 5.10. The number of para-hydroxylation sites is 2. The standard InChI is InChI=1S/C29H22ClN4O3P/c30-20-15-16-29-26(17-20)27(25-18-28(32-33-31)24-14-8-7-13-23(24)25)19-34(29)38(35,36-21-9-3-1-4-10-21)37-22-11-5-2-6-12-22/h1-17,19,25,28H,18H2/t25-,28-/m1/s1. The number of aromatic nitrogens is 1. The Labute approximate surface area is 224 Å². The van der Waals surface area contributed by atoms with Crippen LogP contribution >= 0.6 is 19.3 Å². The average Bonchev–Trinajstić information content (AvgIpc) is 3.49. The highest BCUT2D eigenvalue weighted by Gasteiger charge is 2.38. The highest BCUT2D eigenvalue weighted by molar-refractivity contribution is 7.53. The predicted octanol–water partition coefficient (Wildman–Crippen LogP) is 9.30. The molecule has 5 aromatic rings. The molecule has 1 aromatic heterocycles. The highest BCUT2D eigenvalue weighted by Crippen LogP contribution is 2.55. The Balaban J connectivity index is 1.54. The first-order valence-electron chi connectivity index (χ1n) is 12.1. The van der Waals surface area contributed by atoms with Gasteiger partial charge in [0, 0.05) is 27.4 Å². The molecule has 2 atom stereocenters. The molecule has 0 saturated carbocycles. The number of halogens is 1. The van der Waals surface area contributed by atoms with Crippen molar-refractivity contribution in [2.24, 2.45) is 5.11 Å². The number of benzene rings is 4. The third-order valence-corrected chi connectivity index (χ3v) is 8.70. The van der Waals surface area contributed by atoms with Gasteiger partial charge in [0.05, 0.1) is 11.6 Å². The number of azide groups is 1. The van der Waals surface area contributed by atoms with Crippen LogP contribution in [0.25, 0.3) is 21.3 Å². The van der Waals surface area contributed by atoms with Crippen molar-refractivity contribution in [2.45, 2.75) is 18.4 Å². The van der Waals surface area contributed by atoms with Gasteiger partial charge >= 0.3 is 7.75 Å². The minimum atomic E-state index is -4.02. The second-order valence-corrected chi connectivity index (χ2v) is 11.2. The van der Waals surface area contributed by atoms with Gasteiger partial charge in [0.1, 0.15) is 11.5 Å². The Morgan fingerprint density at radius 3 is 2.08 bits per heavy atom. The zero-order chi connectivity index (χ0) is 26.1. The molecule has 0 bridgehead atoms. The smallest absolute Gasteiger partial charge is 0.400 e. The molecule has 0 amide bonds. The van der Waals surface area contributed by atoms with Crippen LogP contribution in [0.1, 0.15) is 35.1 Å². The minimum Gasteiger partial charge on any atom is -0.400 e. The van der Waals surface area contributed by atoms with Crippen molar-refractivity contribution in [1.29, 1.82) is 0 Å². The lowest BCUT2D eigenvalue weighted by atomic mass is 9.93. The van der Waals surface area contributed by atoms with Gasteiger partial charge in [-0.3, -0.25) is 0 Å². The molecule has 9 heteroatoms. The van der Waals surface area contributed by atoms with E-state index in [0.29, 0.717) is 28.5 Å². The number of nitrogens with zero attached hydrogens (tertiary/aromatic N) is 4. The number of fused-ring (bicyclic) bond motifs is 2. The Morgan fingerprint density at radius 2 is 1.45 bits per heavy atom. The summed E-state index contributed by atoms with van der Waals surface area (Å²) in [7, 11) is -4.02. The Morgan fingerprint density at radius 1 is 0.842 bits per heavy atom. The SMILES string of the molecule is [N-]=[N+]=N[C@@H]1C[C@@H](c2cn(P(=O)(Oc3ccccc3)Oc3ccccc3)c3ccc(Cl)cc23)c2ccccc21. The van der Waals surface area contributed by atoms with Crippen LogP contribution in [-0.2, 0) is 4.57 Å². The summed E-state index contributed by atoms with van der Waals surface area (Å²) in [6.07, 6.45) is 2.41. The summed E-state index contributed by atoms with van der Waals surface area (Å²) < 4.78 is 28.6. The van der Waals surface area contributed by atoms with Crippen molar-refractivity contribution in [1.82, 2.24) is 4.34 Å². The van der Waals surface area contributed by atoms with Gasteiger partial charge in [-0.2, -0.15) is 0 Å². The molecule has 0 N–H and O–H groups in total. The van der Waals surface area contributed by atoms with E-state index in [1.54, 1.807) is 34.7 Å². The van der Waals surface area contributed by atoms with Crippen molar-refractivity contribution in [2.75, 3.05) is 0 Å². The van der Waals surface area contributed by atoms with Gasteiger partial charge in [-0.15, -0.1) is 0 Å².